The van der Waals surface area contributed by atoms with E-state index in [-0.39, 0.29) is 5.56 Å². The fourth-order valence-corrected chi connectivity index (χ4v) is 2.23. The fraction of sp³-hybridized carbons (Fsp3) is 0.143. The van der Waals surface area contributed by atoms with Gasteiger partial charge in [0.05, 0.1) is 19.9 Å². The van der Waals surface area contributed by atoms with Gasteiger partial charge < -0.3 is 9.72 Å². The highest BCUT2D eigenvalue weighted by Crippen LogP contribution is 2.27. The molecular weight excluding hydrogens is 242 g/mol. The summed E-state index contributed by atoms with van der Waals surface area (Å²) in [5, 5.41) is 0. The maximum Gasteiger partial charge on any atom is 0.352 e. The number of ether oxygens (including phenoxy) is 1. The molecule has 1 N–H and O–H groups in total. The first-order valence-electron chi connectivity index (χ1n) is 5.93. The van der Waals surface area contributed by atoms with Gasteiger partial charge in [0.15, 0.2) is 0 Å². The van der Waals surface area contributed by atoms with Crippen LogP contribution in [0.5, 0.6) is 5.75 Å². The number of methoxy groups -OCH3 is 1. The van der Waals surface area contributed by atoms with Crippen LogP contribution in [-0.2, 0) is 7.05 Å². The molecule has 19 heavy (non-hydrogen) atoms. The first-order chi connectivity index (χ1) is 9.20. The largest absolute Gasteiger partial charge is 0.496 e. The minimum absolute atomic E-state index is 0.129. The minimum atomic E-state index is -0.129. The van der Waals surface area contributed by atoms with Gasteiger partial charge in [0.2, 0.25) is 0 Å². The number of hydrogen-bond acceptors (Lipinski definition) is 2. The van der Waals surface area contributed by atoms with Crippen LogP contribution >= 0.6 is 0 Å². The molecule has 0 amide bonds. The lowest BCUT2D eigenvalue weighted by molar-refractivity contribution is -0.645. The second-order valence-corrected chi connectivity index (χ2v) is 4.34. The molecule has 0 saturated heterocycles. The summed E-state index contributed by atoms with van der Waals surface area (Å²) >= 11 is 0. The van der Waals surface area contributed by atoms with Crippen molar-refractivity contribution in [1.29, 1.82) is 0 Å². The number of nitrogens with zero attached hydrogens (tertiary/aromatic N) is 2. The average molecular weight is 256 g/mol. The first kappa shape index (κ1) is 11.5. The molecule has 0 unspecified atom stereocenters. The Morgan fingerprint density at radius 3 is 2.89 bits per heavy atom. The van der Waals surface area contributed by atoms with Gasteiger partial charge in [-0.25, -0.2) is 4.57 Å². The third-order valence-corrected chi connectivity index (χ3v) is 3.15. The number of aromatic nitrogens is 3. The minimum Gasteiger partial charge on any atom is -0.496 e. The summed E-state index contributed by atoms with van der Waals surface area (Å²) in [6.45, 7) is 0. The van der Waals surface area contributed by atoms with Crippen molar-refractivity contribution in [3.63, 3.8) is 0 Å². The number of fused-ring (bicyclic) bond motifs is 1. The highest BCUT2D eigenvalue weighted by Gasteiger charge is 2.15. The number of nitrogens with one attached hydrogen (secondary N) is 1. The van der Waals surface area contributed by atoms with Crippen LogP contribution in [0.2, 0.25) is 0 Å². The van der Waals surface area contributed by atoms with E-state index in [4.69, 9.17) is 4.74 Å². The van der Waals surface area contributed by atoms with Crippen LogP contribution in [0.4, 0.5) is 0 Å². The van der Waals surface area contributed by atoms with Crippen LogP contribution in [0.25, 0.3) is 16.9 Å². The molecule has 1 aromatic carbocycles. The molecule has 0 aliphatic heterocycles. The predicted octanol–water partition coefficient (Wildman–Crippen LogP) is 1.13. The second kappa shape index (κ2) is 4.28. The molecule has 0 saturated carbocycles. The van der Waals surface area contributed by atoms with E-state index < -0.39 is 0 Å². The van der Waals surface area contributed by atoms with Crippen molar-refractivity contribution in [3.05, 3.63) is 53.2 Å². The van der Waals surface area contributed by atoms with Gasteiger partial charge in [-0.1, -0.05) is 12.1 Å². The Kier molecular flexibility index (Phi) is 2.59. The van der Waals surface area contributed by atoms with Gasteiger partial charge in [-0.15, -0.1) is 0 Å². The van der Waals surface area contributed by atoms with Crippen molar-refractivity contribution in [3.8, 4) is 17.0 Å². The van der Waals surface area contributed by atoms with Crippen molar-refractivity contribution in [2.24, 2.45) is 7.05 Å². The molecule has 96 valence electrons. The van der Waals surface area contributed by atoms with Gasteiger partial charge in [0, 0.05) is 5.56 Å². The summed E-state index contributed by atoms with van der Waals surface area (Å²) in [4.78, 5) is 15.0. The smallest absolute Gasteiger partial charge is 0.352 e. The Morgan fingerprint density at radius 2 is 2.11 bits per heavy atom. The summed E-state index contributed by atoms with van der Waals surface area (Å²) in [7, 11) is 3.46. The lowest BCUT2D eigenvalue weighted by atomic mass is 10.1. The van der Waals surface area contributed by atoms with Gasteiger partial charge in [-0.2, -0.15) is 4.40 Å². The average Bonchev–Trinajstić information content (AvgIpc) is 2.80. The quantitative estimate of drug-likeness (QED) is 0.699. The summed E-state index contributed by atoms with van der Waals surface area (Å²) in [5.74, 6) is 0.731. The molecule has 0 bridgehead atoms. The van der Waals surface area contributed by atoms with E-state index in [1.165, 1.54) is 0 Å². The maximum absolute atomic E-state index is 12.1. The number of para-hydroxylation sites is 1. The standard InChI is InChI=1S/C14H13N3O2/c1-16-7-8-17-9-11(15-13(18)14(16)17)10-5-3-4-6-12(10)19-2/h3-9H,1-2H3/p+1. The number of hydrogen-bond donors (Lipinski definition) is 1. The normalized spacial score (nSPS) is 10.8. The van der Waals surface area contributed by atoms with Crippen LogP contribution in [0.1, 0.15) is 0 Å². The van der Waals surface area contributed by atoms with Crippen molar-refractivity contribution in [2.45, 2.75) is 0 Å². The fourth-order valence-electron chi connectivity index (χ4n) is 2.23. The molecule has 0 spiro atoms. The Labute approximate surface area is 109 Å². The predicted molar refractivity (Wildman–Crippen MR) is 71.2 cm³/mol. The lowest BCUT2D eigenvalue weighted by Crippen LogP contribution is -2.32. The summed E-state index contributed by atoms with van der Waals surface area (Å²) in [5.41, 5.74) is 2.06. The molecule has 0 atom stereocenters. The van der Waals surface area contributed by atoms with Crippen molar-refractivity contribution in [2.75, 3.05) is 7.11 Å². The van der Waals surface area contributed by atoms with E-state index in [2.05, 4.69) is 4.98 Å². The highest BCUT2D eigenvalue weighted by molar-refractivity contribution is 5.66. The molecule has 5 nitrogen and oxygen atoms in total. The molecular formula is C14H14N3O2+. The summed E-state index contributed by atoms with van der Waals surface area (Å²) in [6, 6.07) is 7.59. The van der Waals surface area contributed by atoms with Gasteiger partial charge in [0.25, 0.3) is 0 Å². The van der Waals surface area contributed by atoms with Crippen LogP contribution in [0, 0.1) is 0 Å². The third kappa shape index (κ3) is 1.79. The van der Waals surface area contributed by atoms with Crippen molar-refractivity contribution in [1.82, 2.24) is 9.38 Å². The molecule has 0 aliphatic carbocycles. The monoisotopic (exact) mass is 256 g/mol. The Bertz CT molecular complexity index is 802. The molecule has 5 heteroatoms. The van der Waals surface area contributed by atoms with Crippen LogP contribution in [0.15, 0.2) is 47.7 Å². The van der Waals surface area contributed by atoms with E-state index in [9.17, 15) is 4.79 Å². The Balaban J connectivity index is 2.29. The summed E-state index contributed by atoms with van der Waals surface area (Å²) < 4.78 is 8.91. The number of aromatic amines is 1. The molecule has 0 fully saturated rings. The zero-order chi connectivity index (χ0) is 13.4. The summed E-state index contributed by atoms with van der Waals surface area (Å²) in [6.07, 6.45) is 5.58. The lowest BCUT2D eigenvalue weighted by Gasteiger charge is -2.06. The number of rotatable bonds is 2. The molecule has 0 radical (unpaired) electrons. The van der Waals surface area contributed by atoms with Crippen LogP contribution < -0.4 is 14.9 Å². The van der Waals surface area contributed by atoms with Gasteiger partial charge in [-0.3, -0.25) is 4.79 Å². The van der Waals surface area contributed by atoms with E-state index in [0.29, 0.717) is 5.65 Å². The number of aryl methyl sites for hydroxylation is 1. The van der Waals surface area contributed by atoms with E-state index in [1.807, 2.05) is 49.9 Å². The molecule has 3 rings (SSSR count). The van der Waals surface area contributed by atoms with Crippen LogP contribution in [0.3, 0.4) is 0 Å². The Hall–Kier alpha value is -2.56. The molecule has 2 heterocycles. The number of imidazole rings is 1. The van der Waals surface area contributed by atoms with Gasteiger partial charge in [0.1, 0.15) is 24.3 Å². The third-order valence-electron chi connectivity index (χ3n) is 3.15. The molecule has 2 aromatic heterocycles. The van der Waals surface area contributed by atoms with Gasteiger partial charge >= 0.3 is 11.2 Å². The second-order valence-electron chi connectivity index (χ2n) is 4.34. The maximum atomic E-state index is 12.1. The van der Waals surface area contributed by atoms with Crippen LogP contribution in [-0.4, -0.2) is 16.5 Å². The molecule has 3 aromatic rings. The number of H-pyrrole nitrogens is 1. The van der Waals surface area contributed by atoms with E-state index in [0.717, 1.165) is 17.0 Å². The topological polar surface area (TPSA) is 50.4 Å². The SMILES string of the molecule is COc1ccccc1-c1cn2cc[n+](C)c2c(=O)[nH]1. The zero-order valence-corrected chi connectivity index (χ0v) is 10.8. The van der Waals surface area contributed by atoms with E-state index in [1.54, 1.807) is 16.1 Å². The van der Waals surface area contributed by atoms with Crippen molar-refractivity contribution >= 4 is 5.65 Å². The Morgan fingerprint density at radius 1 is 1.32 bits per heavy atom. The first-order valence-corrected chi connectivity index (χ1v) is 5.93. The van der Waals surface area contributed by atoms with Crippen molar-refractivity contribution < 1.29 is 9.30 Å². The van der Waals surface area contributed by atoms with Gasteiger partial charge in [-0.05, 0) is 12.1 Å². The zero-order valence-electron chi connectivity index (χ0n) is 10.8. The highest BCUT2D eigenvalue weighted by atomic mass is 16.5. The molecule has 0 aliphatic rings. The van der Waals surface area contributed by atoms with E-state index >= 15 is 0 Å². The number of benzene rings is 1.